The summed E-state index contributed by atoms with van der Waals surface area (Å²) in [5.41, 5.74) is 6.42. The lowest BCUT2D eigenvalue weighted by molar-refractivity contribution is 0.144. The van der Waals surface area contributed by atoms with Gasteiger partial charge in [0.2, 0.25) is 0 Å². The lowest BCUT2D eigenvalue weighted by atomic mass is 9.92. The molecule has 0 radical (unpaired) electrons. The average Bonchev–Trinajstić information content (AvgIpc) is 2.30. The summed E-state index contributed by atoms with van der Waals surface area (Å²) in [6.45, 7) is 1.65. The van der Waals surface area contributed by atoms with E-state index < -0.39 is 27.1 Å². The Hall–Kier alpha value is -0.620. The maximum absolute atomic E-state index is 11.5. The molecule has 102 valence electrons. The van der Waals surface area contributed by atoms with Gasteiger partial charge in [-0.1, -0.05) is 23.7 Å². The van der Waals surface area contributed by atoms with E-state index in [1.165, 1.54) is 6.92 Å². The van der Waals surface area contributed by atoms with Crippen LogP contribution >= 0.6 is 11.6 Å². The van der Waals surface area contributed by atoms with E-state index in [-0.39, 0.29) is 6.54 Å². The zero-order valence-corrected chi connectivity index (χ0v) is 11.9. The first kappa shape index (κ1) is 15.4. The highest BCUT2D eigenvalue weighted by Gasteiger charge is 2.31. The molecule has 0 saturated carbocycles. The molecule has 0 aromatic heterocycles. The molecule has 0 amide bonds. The van der Waals surface area contributed by atoms with Gasteiger partial charge < -0.3 is 10.8 Å². The summed E-state index contributed by atoms with van der Waals surface area (Å²) in [5.74, 6) is -0.424. The SMILES string of the molecule is CC(C(O)C(CN)c1ccc(Cl)cc1)S(C)(=O)=O. The minimum Gasteiger partial charge on any atom is -0.391 e. The highest BCUT2D eigenvalue weighted by atomic mass is 35.5. The zero-order valence-electron chi connectivity index (χ0n) is 10.4. The van der Waals surface area contributed by atoms with Gasteiger partial charge in [-0.15, -0.1) is 0 Å². The highest BCUT2D eigenvalue weighted by molar-refractivity contribution is 7.91. The molecule has 0 heterocycles. The Bertz CT molecular complexity index is 487. The van der Waals surface area contributed by atoms with Crippen molar-refractivity contribution in [3.63, 3.8) is 0 Å². The molecule has 18 heavy (non-hydrogen) atoms. The minimum atomic E-state index is -3.30. The van der Waals surface area contributed by atoms with Crippen LogP contribution < -0.4 is 5.73 Å². The molecule has 3 atom stereocenters. The molecule has 0 aliphatic rings. The second-order valence-electron chi connectivity index (χ2n) is 4.42. The van der Waals surface area contributed by atoms with Crippen LogP contribution in [0.2, 0.25) is 5.02 Å². The number of nitrogens with two attached hydrogens (primary N) is 1. The van der Waals surface area contributed by atoms with Gasteiger partial charge in [0.25, 0.3) is 0 Å². The van der Waals surface area contributed by atoms with Crippen molar-refractivity contribution in [3.8, 4) is 0 Å². The van der Waals surface area contributed by atoms with Gasteiger partial charge in [-0.05, 0) is 24.6 Å². The Morgan fingerprint density at radius 3 is 2.22 bits per heavy atom. The molecular formula is C12H18ClNO3S. The van der Waals surface area contributed by atoms with Crippen LogP contribution in [0.15, 0.2) is 24.3 Å². The van der Waals surface area contributed by atoms with Crippen LogP contribution in [0.4, 0.5) is 0 Å². The second-order valence-corrected chi connectivity index (χ2v) is 7.26. The third-order valence-corrected chi connectivity index (χ3v) is 5.00. The van der Waals surface area contributed by atoms with E-state index in [1.54, 1.807) is 24.3 Å². The van der Waals surface area contributed by atoms with Crippen LogP contribution in [0.3, 0.4) is 0 Å². The van der Waals surface area contributed by atoms with Crippen LogP contribution in [0.25, 0.3) is 0 Å². The monoisotopic (exact) mass is 291 g/mol. The standard InChI is InChI=1S/C12H18ClNO3S/c1-8(18(2,16)17)12(15)11(7-14)9-3-5-10(13)6-4-9/h3-6,8,11-12,15H,7,14H2,1-2H3. The summed E-state index contributed by atoms with van der Waals surface area (Å²) >= 11 is 5.78. The Labute approximate surface area is 113 Å². The number of aliphatic hydroxyl groups is 1. The number of benzene rings is 1. The first-order chi connectivity index (χ1) is 8.27. The van der Waals surface area contributed by atoms with E-state index in [2.05, 4.69) is 0 Å². The van der Waals surface area contributed by atoms with Crippen molar-refractivity contribution in [2.45, 2.75) is 24.2 Å². The fraction of sp³-hybridized carbons (Fsp3) is 0.500. The first-order valence-corrected chi connectivity index (χ1v) is 7.93. The second kappa shape index (κ2) is 6.02. The van der Waals surface area contributed by atoms with Gasteiger partial charge in [-0.2, -0.15) is 0 Å². The summed E-state index contributed by atoms with van der Waals surface area (Å²) in [4.78, 5) is 0. The number of sulfone groups is 1. The number of rotatable bonds is 5. The Morgan fingerprint density at radius 1 is 1.33 bits per heavy atom. The topological polar surface area (TPSA) is 80.4 Å². The minimum absolute atomic E-state index is 0.169. The van der Waals surface area contributed by atoms with Crippen LogP contribution in [0.5, 0.6) is 0 Å². The number of halogens is 1. The van der Waals surface area contributed by atoms with Gasteiger partial charge in [-0.3, -0.25) is 0 Å². The van der Waals surface area contributed by atoms with Crippen molar-refractivity contribution in [2.24, 2.45) is 5.73 Å². The number of hydrogen-bond acceptors (Lipinski definition) is 4. The van der Waals surface area contributed by atoms with Gasteiger partial charge in [0, 0.05) is 23.7 Å². The molecule has 1 rings (SSSR count). The van der Waals surface area contributed by atoms with Crippen LogP contribution in [-0.4, -0.2) is 37.7 Å². The zero-order chi connectivity index (χ0) is 13.9. The predicted molar refractivity (Wildman–Crippen MR) is 73.6 cm³/mol. The smallest absolute Gasteiger partial charge is 0.152 e. The summed E-state index contributed by atoms with van der Waals surface area (Å²) < 4.78 is 22.9. The van der Waals surface area contributed by atoms with Gasteiger partial charge in [0.05, 0.1) is 11.4 Å². The van der Waals surface area contributed by atoms with Crippen molar-refractivity contribution < 1.29 is 13.5 Å². The molecule has 0 aliphatic heterocycles. The number of aliphatic hydroxyl groups excluding tert-OH is 1. The van der Waals surface area contributed by atoms with Gasteiger partial charge in [-0.25, -0.2) is 8.42 Å². The summed E-state index contributed by atoms with van der Waals surface area (Å²) in [6, 6.07) is 6.88. The van der Waals surface area contributed by atoms with E-state index in [1.807, 2.05) is 0 Å². The fourth-order valence-electron chi connectivity index (χ4n) is 1.76. The van der Waals surface area contributed by atoms with Crippen molar-refractivity contribution in [2.75, 3.05) is 12.8 Å². The van der Waals surface area contributed by atoms with Crippen LogP contribution in [-0.2, 0) is 9.84 Å². The molecule has 1 aromatic carbocycles. The maximum Gasteiger partial charge on any atom is 0.152 e. The third kappa shape index (κ3) is 3.68. The Kier molecular flexibility index (Phi) is 5.16. The maximum atomic E-state index is 11.5. The molecule has 0 spiro atoms. The van der Waals surface area contributed by atoms with Crippen molar-refractivity contribution in [1.82, 2.24) is 0 Å². The van der Waals surface area contributed by atoms with Crippen LogP contribution in [0, 0.1) is 0 Å². The number of hydrogen-bond donors (Lipinski definition) is 2. The quantitative estimate of drug-likeness (QED) is 0.853. The lowest BCUT2D eigenvalue weighted by Gasteiger charge is -2.26. The molecule has 3 N–H and O–H groups in total. The van der Waals surface area contributed by atoms with Crippen molar-refractivity contribution >= 4 is 21.4 Å². The summed E-state index contributed by atoms with van der Waals surface area (Å²) in [7, 11) is -3.30. The highest BCUT2D eigenvalue weighted by Crippen LogP contribution is 2.24. The molecule has 6 heteroatoms. The van der Waals surface area contributed by atoms with Gasteiger partial charge >= 0.3 is 0 Å². The average molecular weight is 292 g/mol. The van der Waals surface area contributed by atoms with E-state index in [0.29, 0.717) is 5.02 Å². The fourth-order valence-corrected chi connectivity index (χ4v) is 2.59. The molecule has 4 nitrogen and oxygen atoms in total. The van der Waals surface area contributed by atoms with Crippen LogP contribution in [0.1, 0.15) is 18.4 Å². The lowest BCUT2D eigenvalue weighted by Crippen LogP contribution is -2.38. The first-order valence-electron chi connectivity index (χ1n) is 5.60. The molecule has 0 saturated heterocycles. The molecule has 0 fully saturated rings. The summed E-state index contributed by atoms with van der Waals surface area (Å²) in [6.07, 6.45) is 0.0715. The van der Waals surface area contributed by atoms with E-state index >= 15 is 0 Å². The molecule has 0 aliphatic carbocycles. The predicted octanol–water partition coefficient (Wildman–Crippen LogP) is 1.18. The summed E-state index contributed by atoms with van der Waals surface area (Å²) in [5, 5.41) is 9.87. The van der Waals surface area contributed by atoms with Crippen molar-refractivity contribution in [3.05, 3.63) is 34.9 Å². The molecular weight excluding hydrogens is 274 g/mol. The molecule has 0 bridgehead atoms. The molecule has 1 aromatic rings. The van der Waals surface area contributed by atoms with E-state index in [9.17, 15) is 13.5 Å². The van der Waals surface area contributed by atoms with E-state index in [0.717, 1.165) is 11.8 Å². The largest absolute Gasteiger partial charge is 0.391 e. The van der Waals surface area contributed by atoms with Crippen molar-refractivity contribution in [1.29, 1.82) is 0 Å². The Balaban J connectivity index is 3.00. The van der Waals surface area contributed by atoms with E-state index in [4.69, 9.17) is 17.3 Å². The van der Waals surface area contributed by atoms with Gasteiger partial charge in [0.1, 0.15) is 0 Å². The Morgan fingerprint density at radius 2 is 1.83 bits per heavy atom. The third-order valence-electron chi connectivity index (χ3n) is 3.12. The van der Waals surface area contributed by atoms with Gasteiger partial charge in [0.15, 0.2) is 9.84 Å². The normalized spacial score (nSPS) is 17.2. The molecule has 3 unspecified atom stereocenters.